The van der Waals surface area contributed by atoms with E-state index in [1.54, 1.807) is 12.3 Å². The van der Waals surface area contributed by atoms with Gasteiger partial charge in [-0.05, 0) is 19.1 Å². The van der Waals surface area contributed by atoms with Crippen molar-refractivity contribution in [2.75, 3.05) is 0 Å². The molecule has 19 heavy (non-hydrogen) atoms. The molecule has 0 saturated carbocycles. The lowest BCUT2D eigenvalue weighted by molar-refractivity contribution is 0.244. The van der Waals surface area contributed by atoms with Crippen LogP contribution in [0.5, 0.6) is 0 Å². The molecule has 0 fully saturated rings. The van der Waals surface area contributed by atoms with Gasteiger partial charge >= 0.3 is 0 Å². The summed E-state index contributed by atoms with van der Waals surface area (Å²) >= 11 is 0. The average molecular weight is 279 g/mol. The van der Waals surface area contributed by atoms with Gasteiger partial charge in [-0.25, -0.2) is 4.39 Å². The second-order valence-corrected chi connectivity index (χ2v) is 4.39. The quantitative estimate of drug-likeness (QED) is 0.457. The van der Waals surface area contributed by atoms with Crippen LogP contribution < -0.4 is 5.32 Å². The van der Waals surface area contributed by atoms with Gasteiger partial charge in [0.2, 0.25) is 0 Å². The van der Waals surface area contributed by atoms with Crippen molar-refractivity contribution in [2.45, 2.75) is 19.6 Å². The van der Waals surface area contributed by atoms with Gasteiger partial charge in [-0.15, -0.1) is 8.86 Å². The second kappa shape index (κ2) is 5.51. The Labute approximate surface area is 112 Å². The van der Waals surface area contributed by atoms with E-state index in [4.69, 9.17) is 5.41 Å². The first-order valence-corrected chi connectivity index (χ1v) is 6.47. The van der Waals surface area contributed by atoms with Crippen molar-refractivity contribution in [1.29, 1.82) is 5.41 Å². The van der Waals surface area contributed by atoms with Gasteiger partial charge < -0.3 is 15.0 Å². The zero-order valence-electron chi connectivity index (χ0n) is 10.4. The fourth-order valence-corrected chi connectivity index (χ4v) is 2.27. The number of aryl methyl sites for hydroxylation is 1. The van der Waals surface area contributed by atoms with Crippen molar-refractivity contribution in [1.82, 2.24) is 9.88 Å². The fourth-order valence-electron chi connectivity index (χ4n) is 2.11. The number of hydrogen-bond acceptors (Lipinski definition) is 2. The Morgan fingerprint density at radius 1 is 1.58 bits per heavy atom. The van der Waals surface area contributed by atoms with Crippen LogP contribution in [0.25, 0.3) is 10.9 Å². The molecule has 0 aliphatic carbocycles. The van der Waals surface area contributed by atoms with E-state index >= 15 is 0 Å². The van der Waals surface area contributed by atoms with Gasteiger partial charge in [-0.1, -0.05) is 6.07 Å². The minimum atomic E-state index is -1.13. The fraction of sp³-hybridized carbons (Fsp3) is 0.231. The van der Waals surface area contributed by atoms with Gasteiger partial charge in [-0.3, -0.25) is 5.41 Å². The van der Waals surface area contributed by atoms with Gasteiger partial charge in [0, 0.05) is 29.6 Å². The summed E-state index contributed by atoms with van der Waals surface area (Å²) in [5.41, 5.74) is 1.13. The minimum absolute atomic E-state index is 0.0771. The predicted octanol–water partition coefficient (Wildman–Crippen LogP) is 2.30. The van der Waals surface area contributed by atoms with Crippen LogP contribution >= 0.6 is 8.86 Å². The number of fused-ring (bicyclic) bond motifs is 1. The first-order chi connectivity index (χ1) is 9.10. The Hall–Kier alpha value is -1.71. The molecule has 0 spiro atoms. The lowest BCUT2D eigenvalue weighted by Gasteiger charge is -2.15. The molecular weight excluding hydrogens is 264 g/mol. The zero-order chi connectivity index (χ0) is 14.0. The second-order valence-electron chi connectivity index (χ2n) is 4.11. The molecule has 0 saturated heterocycles. The molecule has 0 aliphatic heterocycles. The highest BCUT2D eigenvalue weighted by molar-refractivity contribution is 7.18. The summed E-state index contributed by atoms with van der Waals surface area (Å²) in [4.78, 5) is 0. The number of nitrogens with one attached hydrogen (secondary N) is 2. The third-order valence-electron chi connectivity index (χ3n) is 3.04. The molecule has 0 bridgehead atoms. The van der Waals surface area contributed by atoms with Crippen LogP contribution in [0.15, 0.2) is 24.4 Å². The standard InChI is InChI=1S/C13H15FN3OP/c1-2-17-6-5-8-10(14)4-3-9(11(8)17)12(18)13(15)16-7-19/h3-7,12,18-19H,2H2,1H3,(H2,15,16). The van der Waals surface area contributed by atoms with Gasteiger partial charge in [-0.2, -0.15) is 0 Å². The highest BCUT2D eigenvalue weighted by atomic mass is 31.0. The highest BCUT2D eigenvalue weighted by Crippen LogP contribution is 2.28. The third kappa shape index (κ3) is 2.39. The molecule has 1 atom stereocenters. The van der Waals surface area contributed by atoms with Crippen molar-refractivity contribution in [3.05, 3.63) is 35.8 Å². The van der Waals surface area contributed by atoms with Crippen LogP contribution in [0.4, 0.5) is 4.39 Å². The smallest absolute Gasteiger partial charge is 0.138 e. The van der Waals surface area contributed by atoms with E-state index in [0.717, 1.165) is 0 Å². The largest absolute Gasteiger partial charge is 0.380 e. The maximum atomic E-state index is 13.8. The average Bonchev–Trinajstić information content (AvgIpc) is 2.83. The molecule has 1 aromatic carbocycles. The molecule has 100 valence electrons. The number of aliphatic hydroxyl groups excluding tert-OH is 1. The van der Waals surface area contributed by atoms with Crippen LogP contribution in [-0.2, 0) is 6.54 Å². The molecule has 2 aromatic rings. The number of nitrogens with zero attached hydrogens (tertiary/aromatic N) is 1. The SMILES string of the molecule is CCn1ccc2c(F)ccc(C(O)C(=N)NC=P)c21. The Morgan fingerprint density at radius 2 is 2.32 bits per heavy atom. The third-order valence-corrected chi connectivity index (χ3v) is 3.18. The highest BCUT2D eigenvalue weighted by Gasteiger charge is 2.19. The molecule has 0 amide bonds. The molecule has 0 radical (unpaired) electrons. The van der Waals surface area contributed by atoms with E-state index in [1.165, 1.54) is 18.1 Å². The lowest BCUT2D eigenvalue weighted by atomic mass is 10.0. The number of benzene rings is 1. The summed E-state index contributed by atoms with van der Waals surface area (Å²) in [5, 5.41) is 20.9. The van der Waals surface area contributed by atoms with Crippen molar-refractivity contribution >= 4 is 31.5 Å². The molecule has 1 heterocycles. The summed E-state index contributed by atoms with van der Waals surface area (Å²) in [6, 6.07) is 4.50. The molecule has 4 nitrogen and oxygen atoms in total. The normalized spacial score (nSPS) is 12.4. The Kier molecular flexibility index (Phi) is 3.98. The minimum Gasteiger partial charge on any atom is -0.380 e. The van der Waals surface area contributed by atoms with Gasteiger partial charge in [0.15, 0.2) is 0 Å². The van der Waals surface area contributed by atoms with E-state index in [0.29, 0.717) is 23.0 Å². The number of aromatic nitrogens is 1. The summed E-state index contributed by atoms with van der Waals surface area (Å²) in [6.07, 6.45) is 0.646. The Morgan fingerprint density at radius 3 is 2.95 bits per heavy atom. The summed E-state index contributed by atoms with van der Waals surface area (Å²) in [6.45, 7) is 2.60. The van der Waals surface area contributed by atoms with E-state index in [2.05, 4.69) is 14.2 Å². The van der Waals surface area contributed by atoms with E-state index in [1.807, 2.05) is 11.5 Å². The van der Waals surface area contributed by atoms with Crippen LogP contribution in [0.1, 0.15) is 18.6 Å². The number of halogens is 1. The molecule has 6 heteroatoms. The van der Waals surface area contributed by atoms with E-state index < -0.39 is 6.10 Å². The first-order valence-electron chi connectivity index (χ1n) is 5.89. The zero-order valence-corrected chi connectivity index (χ0v) is 11.4. The summed E-state index contributed by atoms with van der Waals surface area (Å²) < 4.78 is 15.6. The van der Waals surface area contributed by atoms with Crippen LogP contribution in [0.3, 0.4) is 0 Å². The van der Waals surface area contributed by atoms with Crippen molar-refractivity contribution in [2.24, 2.45) is 0 Å². The van der Waals surface area contributed by atoms with Crippen molar-refractivity contribution in [3.63, 3.8) is 0 Å². The monoisotopic (exact) mass is 279 g/mol. The van der Waals surface area contributed by atoms with Gasteiger partial charge in [0.1, 0.15) is 17.8 Å². The summed E-state index contributed by atoms with van der Waals surface area (Å²) in [7, 11) is 3.07. The Bertz CT molecular complexity index is 638. The Balaban J connectivity index is 2.60. The maximum absolute atomic E-state index is 13.8. The first kappa shape index (κ1) is 13.7. The van der Waals surface area contributed by atoms with Crippen LogP contribution in [0, 0.1) is 11.2 Å². The number of rotatable bonds is 4. The van der Waals surface area contributed by atoms with E-state index in [9.17, 15) is 9.50 Å². The summed E-state index contributed by atoms with van der Waals surface area (Å²) in [5.74, 6) is 0.974. The molecule has 2 rings (SSSR count). The number of hydrogen-bond donors (Lipinski definition) is 3. The van der Waals surface area contributed by atoms with Crippen molar-refractivity contribution in [3.8, 4) is 0 Å². The van der Waals surface area contributed by atoms with Crippen LogP contribution in [-0.4, -0.2) is 21.4 Å². The van der Waals surface area contributed by atoms with Gasteiger partial charge in [0.25, 0.3) is 0 Å². The molecule has 3 N–H and O–H groups in total. The predicted molar refractivity (Wildman–Crippen MR) is 77.8 cm³/mol. The molecular formula is C13H15FN3OP. The maximum Gasteiger partial charge on any atom is 0.138 e. The van der Waals surface area contributed by atoms with Crippen LogP contribution in [0.2, 0.25) is 0 Å². The molecule has 1 unspecified atom stereocenters. The van der Waals surface area contributed by atoms with E-state index in [-0.39, 0.29) is 11.7 Å². The topological polar surface area (TPSA) is 61.0 Å². The lowest BCUT2D eigenvalue weighted by Crippen LogP contribution is -2.26. The van der Waals surface area contributed by atoms with Gasteiger partial charge in [0.05, 0.1) is 5.52 Å². The molecule has 1 aromatic heterocycles. The number of amidine groups is 1. The molecule has 0 aliphatic rings. The van der Waals surface area contributed by atoms with Crippen molar-refractivity contribution < 1.29 is 9.50 Å². The number of aliphatic hydroxyl groups is 1.